The van der Waals surface area contributed by atoms with Crippen molar-refractivity contribution in [1.82, 2.24) is 15.5 Å². The van der Waals surface area contributed by atoms with Gasteiger partial charge in [0.05, 0.1) is 24.9 Å². The Morgan fingerprint density at radius 2 is 1.59 bits per heavy atom. The number of likely N-dealkylation sites (N-methyl/N-ethyl adjacent to an activating group) is 1. The third-order valence-corrected chi connectivity index (χ3v) is 8.63. The number of rotatable bonds is 12. The number of nitrogens with zero attached hydrogens (tertiary/aromatic N) is 1. The Kier molecular flexibility index (Phi) is 11.6. The zero-order valence-electron chi connectivity index (χ0n) is 26.8. The summed E-state index contributed by atoms with van der Waals surface area (Å²) in [5, 5.41) is 26.2. The van der Waals surface area contributed by atoms with Crippen molar-refractivity contribution in [3.05, 3.63) is 131 Å². The maximum absolute atomic E-state index is 11.8. The van der Waals surface area contributed by atoms with E-state index >= 15 is 0 Å². The maximum Gasteiger partial charge on any atom is 0.315 e. The summed E-state index contributed by atoms with van der Waals surface area (Å²) in [6.07, 6.45) is -0.897. The summed E-state index contributed by atoms with van der Waals surface area (Å²) in [7, 11) is 2.02. The van der Waals surface area contributed by atoms with Crippen LogP contribution in [0.4, 0.5) is 4.79 Å². The van der Waals surface area contributed by atoms with Crippen LogP contribution in [0.5, 0.6) is 0 Å². The van der Waals surface area contributed by atoms with Gasteiger partial charge in [0.1, 0.15) is 0 Å². The van der Waals surface area contributed by atoms with E-state index in [-0.39, 0.29) is 30.9 Å². The molecular weight excluding hydrogens is 578 g/mol. The number of aliphatic hydroxyl groups is 2. The van der Waals surface area contributed by atoms with Gasteiger partial charge in [-0.15, -0.1) is 0 Å². The van der Waals surface area contributed by atoms with E-state index in [1.54, 1.807) is 0 Å². The Labute approximate surface area is 272 Å². The second-order valence-electron chi connectivity index (χ2n) is 11.9. The van der Waals surface area contributed by atoms with E-state index in [2.05, 4.69) is 39.8 Å². The van der Waals surface area contributed by atoms with Gasteiger partial charge in [-0.05, 0) is 60.3 Å². The van der Waals surface area contributed by atoms with Crippen LogP contribution in [0.2, 0.25) is 0 Å². The molecule has 46 heavy (non-hydrogen) atoms. The maximum atomic E-state index is 11.8. The first-order valence-corrected chi connectivity index (χ1v) is 16.0. The highest BCUT2D eigenvalue weighted by molar-refractivity contribution is 5.73. The molecule has 5 rings (SSSR count). The fourth-order valence-electron chi connectivity index (χ4n) is 5.79. The molecule has 1 heterocycles. The summed E-state index contributed by atoms with van der Waals surface area (Å²) >= 11 is 0. The van der Waals surface area contributed by atoms with Gasteiger partial charge in [-0.25, -0.2) is 4.79 Å². The first kappa shape index (κ1) is 33.3. The standard InChI is InChI=1S/C38H45N3O5/c1-4-39-38(44)40-23-28-9-8-12-33(21-28)29-17-19-32(20-18-29)37-45-34(22-35(46-37)30-15-13-27(25-42)14-16-30)24-41(3)26(2)36(43)31-10-6-5-7-11-31/h5-21,26,34-37,42-43H,4,22-25H2,1-3H3,(H2,39,40,44)/t26-,34-,35+,36-,37+/m1/s1. The van der Waals surface area contributed by atoms with Gasteiger partial charge in [0.15, 0.2) is 6.29 Å². The predicted molar refractivity (Wildman–Crippen MR) is 180 cm³/mol. The summed E-state index contributed by atoms with van der Waals surface area (Å²) in [5.74, 6) is 0. The summed E-state index contributed by atoms with van der Waals surface area (Å²) in [5.41, 5.74) is 6.81. The second kappa shape index (κ2) is 16.0. The van der Waals surface area contributed by atoms with Gasteiger partial charge in [0.2, 0.25) is 0 Å². The molecule has 0 aliphatic carbocycles. The molecule has 1 aliphatic rings. The van der Waals surface area contributed by atoms with E-state index in [0.717, 1.165) is 38.9 Å². The molecule has 4 aromatic carbocycles. The lowest BCUT2D eigenvalue weighted by molar-refractivity contribution is -0.253. The van der Waals surface area contributed by atoms with Crippen LogP contribution in [0.15, 0.2) is 103 Å². The molecule has 2 amide bonds. The van der Waals surface area contributed by atoms with Crippen LogP contribution in [-0.4, -0.2) is 53.4 Å². The number of ether oxygens (including phenoxy) is 2. The van der Waals surface area contributed by atoms with Gasteiger partial charge < -0.3 is 30.3 Å². The average molecular weight is 624 g/mol. The molecule has 0 saturated carbocycles. The van der Waals surface area contributed by atoms with Crippen LogP contribution in [0.3, 0.4) is 0 Å². The molecule has 8 nitrogen and oxygen atoms in total. The summed E-state index contributed by atoms with van der Waals surface area (Å²) in [6.45, 7) is 5.55. The molecule has 0 spiro atoms. The largest absolute Gasteiger partial charge is 0.392 e. The lowest BCUT2D eigenvalue weighted by Crippen LogP contribution is -2.43. The third-order valence-electron chi connectivity index (χ3n) is 8.63. The molecule has 4 N–H and O–H groups in total. The minimum atomic E-state index is -0.626. The van der Waals surface area contributed by atoms with Crippen LogP contribution in [0, 0.1) is 0 Å². The van der Waals surface area contributed by atoms with Crippen LogP contribution < -0.4 is 10.6 Å². The average Bonchev–Trinajstić information content (AvgIpc) is 3.10. The molecule has 242 valence electrons. The minimum Gasteiger partial charge on any atom is -0.392 e. The monoisotopic (exact) mass is 623 g/mol. The quantitative estimate of drug-likeness (QED) is 0.149. The van der Waals surface area contributed by atoms with Crippen molar-refractivity contribution >= 4 is 6.03 Å². The number of nitrogens with one attached hydrogen (secondary N) is 2. The summed E-state index contributed by atoms with van der Waals surface area (Å²) in [4.78, 5) is 14.0. The third kappa shape index (κ3) is 8.60. The Balaban J connectivity index is 1.32. The number of benzene rings is 4. The summed E-state index contributed by atoms with van der Waals surface area (Å²) < 4.78 is 13.1. The Hall–Kier alpha value is -4.05. The van der Waals surface area contributed by atoms with Crippen molar-refractivity contribution in [1.29, 1.82) is 0 Å². The molecule has 4 aromatic rings. The molecule has 0 radical (unpaired) electrons. The minimum absolute atomic E-state index is 0.00739. The fourth-order valence-corrected chi connectivity index (χ4v) is 5.79. The van der Waals surface area contributed by atoms with Crippen molar-refractivity contribution in [2.24, 2.45) is 0 Å². The van der Waals surface area contributed by atoms with Gasteiger partial charge >= 0.3 is 6.03 Å². The van der Waals surface area contributed by atoms with Crippen molar-refractivity contribution in [3.8, 4) is 11.1 Å². The second-order valence-corrected chi connectivity index (χ2v) is 11.9. The molecule has 0 aromatic heterocycles. The Morgan fingerprint density at radius 3 is 2.28 bits per heavy atom. The fraction of sp³-hybridized carbons (Fsp3) is 0.342. The van der Waals surface area contributed by atoms with Crippen LogP contribution in [0.1, 0.15) is 66.6 Å². The number of carbonyl (C=O) groups is 1. The predicted octanol–water partition coefficient (Wildman–Crippen LogP) is 6.26. The highest BCUT2D eigenvalue weighted by Crippen LogP contribution is 2.39. The number of urea groups is 1. The smallest absolute Gasteiger partial charge is 0.315 e. The number of hydrogen-bond acceptors (Lipinski definition) is 6. The Morgan fingerprint density at radius 1 is 0.870 bits per heavy atom. The highest BCUT2D eigenvalue weighted by Gasteiger charge is 2.34. The molecule has 1 aliphatic heterocycles. The molecule has 0 bridgehead atoms. The van der Waals surface area contributed by atoms with Crippen molar-refractivity contribution in [3.63, 3.8) is 0 Å². The van der Waals surface area contributed by atoms with Crippen molar-refractivity contribution in [2.75, 3.05) is 20.1 Å². The first-order valence-electron chi connectivity index (χ1n) is 16.0. The van der Waals surface area contributed by atoms with Crippen LogP contribution >= 0.6 is 0 Å². The first-order chi connectivity index (χ1) is 22.3. The number of hydrogen-bond donors (Lipinski definition) is 4. The van der Waals surface area contributed by atoms with Gasteiger partial charge in [-0.3, -0.25) is 4.90 Å². The molecule has 1 fully saturated rings. The van der Waals surface area contributed by atoms with Crippen molar-refractivity contribution in [2.45, 2.75) is 64.1 Å². The van der Waals surface area contributed by atoms with Gasteiger partial charge in [-0.1, -0.05) is 97.1 Å². The van der Waals surface area contributed by atoms with E-state index in [1.807, 2.05) is 99.8 Å². The molecule has 0 unspecified atom stereocenters. The van der Waals surface area contributed by atoms with E-state index in [1.165, 1.54) is 0 Å². The Bertz CT molecular complexity index is 1530. The molecule has 5 atom stereocenters. The van der Waals surface area contributed by atoms with E-state index < -0.39 is 12.4 Å². The van der Waals surface area contributed by atoms with E-state index in [0.29, 0.717) is 26.1 Å². The topological polar surface area (TPSA) is 103 Å². The summed E-state index contributed by atoms with van der Waals surface area (Å²) in [6, 6.07) is 33.7. The van der Waals surface area contributed by atoms with Crippen molar-refractivity contribution < 1.29 is 24.5 Å². The van der Waals surface area contributed by atoms with Gasteiger partial charge in [-0.2, -0.15) is 0 Å². The normalized spacial score (nSPS) is 19.4. The van der Waals surface area contributed by atoms with E-state index in [9.17, 15) is 15.0 Å². The van der Waals surface area contributed by atoms with Crippen LogP contribution in [0.25, 0.3) is 11.1 Å². The number of aliphatic hydroxyl groups excluding tert-OH is 2. The van der Waals surface area contributed by atoms with Gasteiger partial charge in [0.25, 0.3) is 0 Å². The highest BCUT2D eigenvalue weighted by atomic mass is 16.7. The van der Waals surface area contributed by atoms with Crippen LogP contribution in [-0.2, 0) is 22.6 Å². The van der Waals surface area contributed by atoms with Gasteiger partial charge in [0, 0.05) is 37.7 Å². The lowest BCUT2D eigenvalue weighted by Gasteiger charge is -2.39. The zero-order valence-corrected chi connectivity index (χ0v) is 26.8. The SMILES string of the molecule is CCNC(=O)NCc1cccc(-c2ccc([C@H]3O[C@@H](CN(C)[C@H](C)[C@@H](O)c4ccccc4)C[C@@H](c4ccc(CO)cc4)O3)cc2)c1. The number of amides is 2. The molecular formula is C38H45N3O5. The molecule has 8 heteroatoms. The van der Waals surface area contributed by atoms with E-state index in [4.69, 9.17) is 9.47 Å². The zero-order chi connectivity index (χ0) is 32.5. The lowest BCUT2D eigenvalue weighted by atomic mass is 9.98. The molecule has 1 saturated heterocycles. The number of carbonyl (C=O) groups excluding carboxylic acids is 1.